The Bertz CT molecular complexity index is 113. The van der Waals surface area contributed by atoms with E-state index in [1.807, 2.05) is 6.92 Å². The summed E-state index contributed by atoms with van der Waals surface area (Å²) in [7, 11) is 0. The molecule has 0 heterocycles. The van der Waals surface area contributed by atoms with Crippen molar-refractivity contribution in [2.24, 2.45) is 5.73 Å². The number of rotatable bonds is 11. The molecule has 0 rings (SSSR count). The van der Waals surface area contributed by atoms with E-state index >= 15 is 0 Å². The van der Waals surface area contributed by atoms with Crippen LogP contribution in [0.15, 0.2) is 0 Å². The predicted octanol–water partition coefficient (Wildman–Crippen LogP) is 3.06. The molecule has 1 unspecified atom stereocenters. The van der Waals surface area contributed by atoms with Crippen molar-refractivity contribution in [2.75, 3.05) is 13.1 Å². The first kappa shape index (κ1) is 14.9. The van der Waals surface area contributed by atoms with E-state index in [0.717, 1.165) is 13.1 Å². The van der Waals surface area contributed by atoms with Crippen LogP contribution in [-0.2, 0) is 0 Å². The second-order valence-corrected chi connectivity index (χ2v) is 4.66. The fourth-order valence-corrected chi connectivity index (χ4v) is 1.71. The lowest BCUT2D eigenvalue weighted by molar-refractivity contribution is 0.542. The maximum absolute atomic E-state index is 5.64. The van der Waals surface area contributed by atoms with Crippen LogP contribution in [0.2, 0.25) is 0 Å². The SMILES string of the molecule is CCCCCCCCCCNCC(C)N. The zero-order valence-electron chi connectivity index (χ0n) is 10.7. The van der Waals surface area contributed by atoms with Gasteiger partial charge in [-0.3, -0.25) is 0 Å². The highest BCUT2D eigenvalue weighted by atomic mass is 14.9. The van der Waals surface area contributed by atoms with Gasteiger partial charge in [-0.25, -0.2) is 0 Å². The minimum absolute atomic E-state index is 0.291. The van der Waals surface area contributed by atoms with Gasteiger partial charge in [0.1, 0.15) is 0 Å². The van der Waals surface area contributed by atoms with Crippen LogP contribution in [0.3, 0.4) is 0 Å². The second-order valence-electron chi connectivity index (χ2n) is 4.66. The maximum Gasteiger partial charge on any atom is 0.0136 e. The van der Waals surface area contributed by atoms with Crippen molar-refractivity contribution in [1.82, 2.24) is 5.32 Å². The molecule has 0 aromatic carbocycles. The zero-order chi connectivity index (χ0) is 11.4. The van der Waals surface area contributed by atoms with Gasteiger partial charge in [0.05, 0.1) is 0 Å². The fourth-order valence-electron chi connectivity index (χ4n) is 1.71. The summed E-state index contributed by atoms with van der Waals surface area (Å²) in [6.07, 6.45) is 11.1. The van der Waals surface area contributed by atoms with Gasteiger partial charge in [0.15, 0.2) is 0 Å². The molecule has 0 aliphatic rings. The van der Waals surface area contributed by atoms with E-state index in [2.05, 4.69) is 12.2 Å². The summed E-state index contributed by atoms with van der Waals surface area (Å²) < 4.78 is 0. The van der Waals surface area contributed by atoms with Crippen molar-refractivity contribution in [3.05, 3.63) is 0 Å². The van der Waals surface area contributed by atoms with Crippen molar-refractivity contribution in [2.45, 2.75) is 71.3 Å². The molecule has 0 bridgehead atoms. The van der Waals surface area contributed by atoms with Gasteiger partial charge in [0.25, 0.3) is 0 Å². The lowest BCUT2D eigenvalue weighted by Gasteiger charge is -2.07. The summed E-state index contributed by atoms with van der Waals surface area (Å²) in [4.78, 5) is 0. The monoisotopic (exact) mass is 214 g/mol. The molecule has 3 N–H and O–H groups in total. The summed E-state index contributed by atoms with van der Waals surface area (Å²) in [5, 5.41) is 3.37. The maximum atomic E-state index is 5.64. The Morgan fingerprint density at radius 1 is 0.933 bits per heavy atom. The molecule has 0 spiro atoms. The van der Waals surface area contributed by atoms with E-state index in [1.54, 1.807) is 0 Å². The molecular formula is C13H30N2. The largest absolute Gasteiger partial charge is 0.327 e. The van der Waals surface area contributed by atoms with Crippen LogP contribution in [-0.4, -0.2) is 19.1 Å². The Balaban J connectivity index is 2.87. The Labute approximate surface area is 96.0 Å². The molecule has 0 radical (unpaired) electrons. The molecule has 15 heavy (non-hydrogen) atoms. The summed E-state index contributed by atoms with van der Waals surface area (Å²) >= 11 is 0. The van der Waals surface area contributed by atoms with Crippen molar-refractivity contribution < 1.29 is 0 Å². The number of hydrogen-bond donors (Lipinski definition) is 2. The molecule has 0 aromatic heterocycles. The Hall–Kier alpha value is -0.0800. The van der Waals surface area contributed by atoms with Gasteiger partial charge in [0.2, 0.25) is 0 Å². The van der Waals surface area contributed by atoms with E-state index in [1.165, 1.54) is 51.4 Å². The number of nitrogens with two attached hydrogens (primary N) is 1. The van der Waals surface area contributed by atoms with E-state index in [-0.39, 0.29) is 0 Å². The molecule has 0 fully saturated rings. The first-order valence-electron chi connectivity index (χ1n) is 6.73. The van der Waals surface area contributed by atoms with Crippen LogP contribution in [0.25, 0.3) is 0 Å². The molecule has 92 valence electrons. The normalized spacial score (nSPS) is 13.0. The molecular weight excluding hydrogens is 184 g/mol. The third-order valence-electron chi connectivity index (χ3n) is 2.67. The Morgan fingerprint density at radius 3 is 2.00 bits per heavy atom. The van der Waals surface area contributed by atoms with E-state index in [0.29, 0.717) is 6.04 Å². The molecule has 2 heteroatoms. The van der Waals surface area contributed by atoms with Crippen molar-refractivity contribution in [1.29, 1.82) is 0 Å². The second kappa shape index (κ2) is 12.0. The van der Waals surface area contributed by atoms with E-state index < -0.39 is 0 Å². The van der Waals surface area contributed by atoms with Crippen LogP contribution in [0, 0.1) is 0 Å². The van der Waals surface area contributed by atoms with Crippen LogP contribution >= 0.6 is 0 Å². The topological polar surface area (TPSA) is 38.0 Å². The summed E-state index contributed by atoms with van der Waals surface area (Å²) in [5.74, 6) is 0. The predicted molar refractivity (Wildman–Crippen MR) is 69.1 cm³/mol. The van der Waals surface area contributed by atoms with Gasteiger partial charge in [-0.15, -0.1) is 0 Å². The van der Waals surface area contributed by atoms with Crippen LogP contribution in [0.5, 0.6) is 0 Å². The summed E-state index contributed by atoms with van der Waals surface area (Å²) in [5.41, 5.74) is 5.64. The average Bonchev–Trinajstić information content (AvgIpc) is 2.20. The van der Waals surface area contributed by atoms with E-state index in [4.69, 9.17) is 5.73 Å². The Kier molecular flexibility index (Phi) is 11.9. The number of hydrogen-bond acceptors (Lipinski definition) is 2. The molecule has 2 nitrogen and oxygen atoms in total. The highest BCUT2D eigenvalue weighted by molar-refractivity contribution is 4.57. The van der Waals surface area contributed by atoms with Crippen molar-refractivity contribution in [3.63, 3.8) is 0 Å². The molecule has 0 saturated heterocycles. The van der Waals surface area contributed by atoms with Crippen molar-refractivity contribution >= 4 is 0 Å². The minimum Gasteiger partial charge on any atom is -0.327 e. The first-order valence-corrected chi connectivity index (χ1v) is 6.73. The molecule has 1 atom stereocenters. The highest BCUT2D eigenvalue weighted by Gasteiger charge is 1.93. The molecule has 0 aromatic rings. The van der Waals surface area contributed by atoms with Gasteiger partial charge < -0.3 is 11.1 Å². The highest BCUT2D eigenvalue weighted by Crippen LogP contribution is 2.07. The molecule has 0 amide bonds. The summed E-state index contributed by atoms with van der Waals surface area (Å²) in [6, 6.07) is 0.291. The Morgan fingerprint density at radius 2 is 1.47 bits per heavy atom. The van der Waals surface area contributed by atoms with E-state index in [9.17, 15) is 0 Å². The van der Waals surface area contributed by atoms with Gasteiger partial charge >= 0.3 is 0 Å². The number of nitrogens with one attached hydrogen (secondary N) is 1. The van der Waals surface area contributed by atoms with Gasteiger partial charge in [0, 0.05) is 12.6 Å². The smallest absolute Gasteiger partial charge is 0.0136 e. The standard InChI is InChI=1S/C13H30N2/c1-3-4-5-6-7-8-9-10-11-15-12-13(2)14/h13,15H,3-12,14H2,1-2H3. The lowest BCUT2D eigenvalue weighted by atomic mass is 10.1. The van der Waals surface area contributed by atoms with Crippen LogP contribution in [0.1, 0.15) is 65.2 Å². The minimum atomic E-state index is 0.291. The summed E-state index contributed by atoms with van der Waals surface area (Å²) in [6.45, 7) is 6.40. The van der Waals surface area contributed by atoms with Gasteiger partial charge in [-0.2, -0.15) is 0 Å². The zero-order valence-corrected chi connectivity index (χ0v) is 10.7. The van der Waals surface area contributed by atoms with Crippen LogP contribution < -0.4 is 11.1 Å². The third kappa shape index (κ3) is 13.9. The third-order valence-corrected chi connectivity index (χ3v) is 2.67. The average molecular weight is 214 g/mol. The van der Waals surface area contributed by atoms with Crippen molar-refractivity contribution in [3.8, 4) is 0 Å². The van der Waals surface area contributed by atoms with Gasteiger partial charge in [-0.1, -0.05) is 51.9 Å². The number of unbranched alkanes of at least 4 members (excludes halogenated alkanes) is 7. The molecule has 0 aliphatic carbocycles. The fraction of sp³-hybridized carbons (Fsp3) is 1.00. The van der Waals surface area contributed by atoms with Gasteiger partial charge in [-0.05, 0) is 19.9 Å². The quantitative estimate of drug-likeness (QED) is 0.519. The van der Waals surface area contributed by atoms with Crippen LogP contribution in [0.4, 0.5) is 0 Å². The first-order chi connectivity index (χ1) is 7.27. The molecule has 0 saturated carbocycles. The lowest BCUT2D eigenvalue weighted by Crippen LogP contribution is -2.31. The molecule has 0 aliphatic heterocycles.